The van der Waals surface area contributed by atoms with Crippen LogP contribution >= 0.6 is 0 Å². The lowest BCUT2D eigenvalue weighted by molar-refractivity contribution is 0.177. The Morgan fingerprint density at radius 3 is 2.55 bits per heavy atom. The Morgan fingerprint density at radius 1 is 1.25 bits per heavy atom. The Kier molecular flexibility index (Phi) is 5.86. The van der Waals surface area contributed by atoms with Crippen molar-refractivity contribution < 1.29 is 4.74 Å². The van der Waals surface area contributed by atoms with E-state index in [1.165, 1.54) is 31.4 Å². The van der Waals surface area contributed by atoms with E-state index in [-0.39, 0.29) is 0 Å². The monoisotopic (exact) mass is 276 g/mol. The first-order valence-electron chi connectivity index (χ1n) is 7.79. The summed E-state index contributed by atoms with van der Waals surface area (Å²) in [6, 6.07) is 9.66. The molecular weight excluding hydrogens is 248 g/mol. The van der Waals surface area contributed by atoms with Crippen LogP contribution in [0.5, 0.6) is 5.75 Å². The number of hydrogen-bond acceptors (Lipinski definition) is 3. The summed E-state index contributed by atoms with van der Waals surface area (Å²) >= 11 is 0. The first kappa shape index (κ1) is 15.3. The molecule has 1 fully saturated rings. The molecular formula is C17H28N2O. The Bertz CT molecular complexity index is 382. The van der Waals surface area contributed by atoms with Crippen molar-refractivity contribution in [2.45, 2.75) is 51.7 Å². The summed E-state index contributed by atoms with van der Waals surface area (Å²) < 4.78 is 5.22. The zero-order valence-corrected chi connectivity index (χ0v) is 13.1. The summed E-state index contributed by atoms with van der Waals surface area (Å²) in [5.74, 6) is 0.929. The second-order valence-corrected chi connectivity index (χ2v) is 6.02. The molecule has 3 nitrogen and oxygen atoms in total. The molecule has 1 aromatic rings. The van der Waals surface area contributed by atoms with Crippen molar-refractivity contribution in [1.82, 2.24) is 10.2 Å². The Morgan fingerprint density at radius 2 is 2.00 bits per heavy atom. The molecule has 20 heavy (non-hydrogen) atoms. The standard InChI is InChI=1S/C17H28N2O/c1-14(2)19(13-16-6-4-5-11-18-16)12-15-7-9-17(20-3)10-8-15/h7-10,14,16,18H,4-6,11-13H2,1-3H3. The third kappa shape index (κ3) is 4.50. The van der Waals surface area contributed by atoms with Gasteiger partial charge < -0.3 is 10.1 Å². The highest BCUT2D eigenvalue weighted by molar-refractivity contribution is 5.27. The predicted octanol–water partition coefficient (Wildman–Crippen LogP) is 3.05. The number of methoxy groups -OCH3 is 1. The van der Waals surface area contributed by atoms with Crippen LogP contribution < -0.4 is 10.1 Å². The fraction of sp³-hybridized carbons (Fsp3) is 0.647. The van der Waals surface area contributed by atoms with E-state index in [2.05, 4.69) is 36.2 Å². The molecule has 1 aliphatic heterocycles. The first-order valence-corrected chi connectivity index (χ1v) is 7.79. The molecule has 0 aliphatic carbocycles. The highest BCUT2D eigenvalue weighted by Gasteiger charge is 2.18. The van der Waals surface area contributed by atoms with Crippen molar-refractivity contribution in [2.24, 2.45) is 0 Å². The molecule has 0 radical (unpaired) electrons. The Labute approximate surface area is 123 Å². The number of benzene rings is 1. The molecule has 1 atom stereocenters. The van der Waals surface area contributed by atoms with Gasteiger partial charge in [0, 0.05) is 25.2 Å². The number of ether oxygens (including phenoxy) is 1. The van der Waals surface area contributed by atoms with E-state index >= 15 is 0 Å². The third-order valence-electron chi connectivity index (χ3n) is 4.14. The molecule has 1 unspecified atom stereocenters. The van der Waals surface area contributed by atoms with Gasteiger partial charge in [0.25, 0.3) is 0 Å². The molecule has 1 saturated heterocycles. The molecule has 0 aromatic heterocycles. The molecule has 0 spiro atoms. The number of rotatable bonds is 6. The molecule has 0 amide bonds. The fourth-order valence-corrected chi connectivity index (χ4v) is 2.79. The summed E-state index contributed by atoms with van der Waals surface area (Å²) in [6.45, 7) is 7.90. The summed E-state index contributed by atoms with van der Waals surface area (Å²) in [7, 11) is 1.71. The molecule has 3 heteroatoms. The highest BCUT2D eigenvalue weighted by Crippen LogP contribution is 2.16. The summed E-state index contributed by atoms with van der Waals surface area (Å²) in [6.07, 6.45) is 4.01. The summed E-state index contributed by atoms with van der Waals surface area (Å²) in [5, 5.41) is 3.65. The maximum Gasteiger partial charge on any atom is 0.118 e. The van der Waals surface area contributed by atoms with E-state index < -0.39 is 0 Å². The molecule has 1 aliphatic rings. The van der Waals surface area contributed by atoms with E-state index in [9.17, 15) is 0 Å². The Balaban J connectivity index is 1.93. The smallest absolute Gasteiger partial charge is 0.118 e. The van der Waals surface area contributed by atoms with Crippen LogP contribution in [0, 0.1) is 0 Å². The maximum atomic E-state index is 5.22. The van der Waals surface area contributed by atoms with Gasteiger partial charge >= 0.3 is 0 Å². The van der Waals surface area contributed by atoms with Crippen LogP contribution in [0.1, 0.15) is 38.7 Å². The number of nitrogens with zero attached hydrogens (tertiary/aromatic N) is 1. The van der Waals surface area contributed by atoms with Crippen molar-refractivity contribution in [2.75, 3.05) is 20.2 Å². The Hall–Kier alpha value is -1.06. The van der Waals surface area contributed by atoms with Gasteiger partial charge in [-0.2, -0.15) is 0 Å². The second kappa shape index (κ2) is 7.65. The van der Waals surface area contributed by atoms with Crippen LogP contribution in [-0.4, -0.2) is 37.2 Å². The van der Waals surface area contributed by atoms with Crippen LogP contribution in [0.3, 0.4) is 0 Å². The maximum absolute atomic E-state index is 5.22. The average molecular weight is 276 g/mol. The summed E-state index contributed by atoms with van der Waals surface area (Å²) in [4.78, 5) is 2.56. The lowest BCUT2D eigenvalue weighted by Gasteiger charge is -2.33. The molecule has 112 valence electrons. The largest absolute Gasteiger partial charge is 0.497 e. The van der Waals surface area contributed by atoms with Crippen molar-refractivity contribution in [1.29, 1.82) is 0 Å². The topological polar surface area (TPSA) is 24.5 Å². The van der Waals surface area contributed by atoms with Gasteiger partial charge in [-0.05, 0) is 50.9 Å². The molecule has 0 bridgehead atoms. The first-order chi connectivity index (χ1) is 9.69. The predicted molar refractivity (Wildman–Crippen MR) is 84.2 cm³/mol. The van der Waals surface area contributed by atoms with Crippen LogP contribution in [0.2, 0.25) is 0 Å². The number of hydrogen-bond donors (Lipinski definition) is 1. The van der Waals surface area contributed by atoms with Gasteiger partial charge in [0.05, 0.1) is 7.11 Å². The van der Waals surface area contributed by atoms with E-state index in [1.54, 1.807) is 7.11 Å². The minimum atomic E-state index is 0.570. The quantitative estimate of drug-likeness (QED) is 0.864. The molecule has 0 saturated carbocycles. The van der Waals surface area contributed by atoms with Crippen LogP contribution in [0.15, 0.2) is 24.3 Å². The highest BCUT2D eigenvalue weighted by atomic mass is 16.5. The zero-order valence-electron chi connectivity index (χ0n) is 13.1. The van der Waals surface area contributed by atoms with Crippen LogP contribution in [0.25, 0.3) is 0 Å². The van der Waals surface area contributed by atoms with Gasteiger partial charge in [-0.15, -0.1) is 0 Å². The molecule has 1 heterocycles. The minimum absolute atomic E-state index is 0.570. The van der Waals surface area contributed by atoms with Gasteiger partial charge in [-0.1, -0.05) is 18.6 Å². The van der Waals surface area contributed by atoms with E-state index in [4.69, 9.17) is 4.74 Å². The van der Waals surface area contributed by atoms with Gasteiger partial charge in [0.2, 0.25) is 0 Å². The van der Waals surface area contributed by atoms with Gasteiger partial charge in [0.15, 0.2) is 0 Å². The van der Waals surface area contributed by atoms with E-state index in [0.29, 0.717) is 12.1 Å². The van der Waals surface area contributed by atoms with E-state index in [0.717, 1.165) is 18.8 Å². The normalized spacial score (nSPS) is 19.6. The van der Waals surface area contributed by atoms with Crippen molar-refractivity contribution in [3.8, 4) is 5.75 Å². The second-order valence-electron chi connectivity index (χ2n) is 6.02. The van der Waals surface area contributed by atoms with Crippen molar-refractivity contribution in [3.63, 3.8) is 0 Å². The van der Waals surface area contributed by atoms with Crippen LogP contribution in [-0.2, 0) is 6.54 Å². The summed E-state index contributed by atoms with van der Waals surface area (Å²) in [5.41, 5.74) is 1.36. The molecule has 1 N–H and O–H groups in total. The van der Waals surface area contributed by atoms with Gasteiger partial charge in [-0.3, -0.25) is 4.90 Å². The van der Waals surface area contributed by atoms with Crippen molar-refractivity contribution in [3.05, 3.63) is 29.8 Å². The number of piperidine rings is 1. The van der Waals surface area contributed by atoms with Crippen LogP contribution in [0.4, 0.5) is 0 Å². The zero-order chi connectivity index (χ0) is 14.4. The SMILES string of the molecule is COc1ccc(CN(CC2CCCCN2)C(C)C)cc1. The molecule has 2 rings (SSSR count). The molecule has 1 aromatic carbocycles. The number of nitrogens with one attached hydrogen (secondary N) is 1. The minimum Gasteiger partial charge on any atom is -0.497 e. The average Bonchev–Trinajstić information content (AvgIpc) is 2.48. The van der Waals surface area contributed by atoms with E-state index in [1.807, 2.05) is 12.1 Å². The fourth-order valence-electron chi connectivity index (χ4n) is 2.79. The lowest BCUT2D eigenvalue weighted by atomic mass is 10.0. The van der Waals surface area contributed by atoms with Gasteiger partial charge in [0.1, 0.15) is 5.75 Å². The lowest BCUT2D eigenvalue weighted by Crippen LogP contribution is -2.45. The van der Waals surface area contributed by atoms with Crippen molar-refractivity contribution >= 4 is 0 Å². The third-order valence-corrected chi connectivity index (χ3v) is 4.14. The van der Waals surface area contributed by atoms with Gasteiger partial charge in [-0.25, -0.2) is 0 Å².